The summed E-state index contributed by atoms with van der Waals surface area (Å²) in [6.07, 6.45) is 8.10. The molecule has 0 spiro atoms. The lowest BCUT2D eigenvalue weighted by Gasteiger charge is -2.40. The molecule has 0 radical (unpaired) electrons. The van der Waals surface area contributed by atoms with Gasteiger partial charge in [-0.1, -0.05) is 19.1 Å². The van der Waals surface area contributed by atoms with Crippen LogP contribution in [0.25, 0.3) is 0 Å². The van der Waals surface area contributed by atoms with E-state index in [1.54, 1.807) is 13.8 Å². The average Bonchev–Trinajstić information content (AvgIpc) is 2.50. The van der Waals surface area contributed by atoms with Crippen LogP contribution in [0.3, 0.4) is 0 Å². The molecule has 2 atom stereocenters. The van der Waals surface area contributed by atoms with Crippen molar-refractivity contribution in [1.29, 1.82) is 0 Å². The molecular weight excluding hydrogens is 310 g/mol. The van der Waals surface area contributed by atoms with Crippen LogP contribution in [0.15, 0.2) is 12.2 Å². The Balaban J connectivity index is 5.00. The second kappa shape index (κ2) is 12.0. The molecule has 24 heavy (non-hydrogen) atoms. The number of aliphatic hydroxyl groups excluding tert-OH is 1. The normalized spacial score (nSPS) is 16.7. The molecule has 0 saturated carbocycles. The van der Waals surface area contributed by atoms with Crippen molar-refractivity contribution in [2.24, 2.45) is 11.8 Å². The highest BCUT2D eigenvalue weighted by Gasteiger charge is 2.34. The zero-order valence-electron chi connectivity index (χ0n) is 15.3. The molecular formula is C18H34NO5+. The van der Waals surface area contributed by atoms with E-state index in [0.717, 1.165) is 25.7 Å². The molecule has 6 heteroatoms. The lowest BCUT2D eigenvalue weighted by atomic mass is 10.0. The monoisotopic (exact) mass is 344 g/mol. The molecule has 0 aliphatic heterocycles. The van der Waals surface area contributed by atoms with Crippen molar-refractivity contribution in [2.45, 2.75) is 46.5 Å². The van der Waals surface area contributed by atoms with Gasteiger partial charge >= 0.3 is 11.9 Å². The van der Waals surface area contributed by atoms with Crippen LogP contribution in [-0.4, -0.2) is 64.5 Å². The van der Waals surface area contributed by atoms with Crippen molar-refractivity contribution < 1.29 is 29.4 Å². The number of carboxylic acid groups (broad SMARTS) is 2. The molecule has 0 aromatic heterocycles. The highest BCUT2D eigenvalue weighted by molar-refractivity contribution is 5.70. The van der Waals surface area contributed by atoms with Crippen LogP contribution in [0.4, 0.5) is 0 Å². The highest BCUT2D eigenvalue weighted by atomic mass is 16.4. The minimum atomic E-state index is -0.885. The molecule has 6 nitrogen and oxygen atoms in total. The summed E-state index contributed by atoms with van der Waals surface area (Å²) < 4.78 is 0.342. The molecule has 3 N–H and O–H groups in total. The van der Waals surface area contributed by atoms with Crippen molar-refractivity contribution in [2.75, 3.05) is 32.8 Å². The fourth-order valence-electron chi connectivity index (χ4n) is 3.08. The van der Waals surface area contributed by atoms with Gasteiger partial charge in [0, 0.05) is 0 Å². The standard InChI is InChI=1S/C18H33NO5/c1-4-5-6-7-8-9-10-19(11-12-20,13-15(2)17(21)22)14-16(3)18(23)24/h5-6,15-16,20H,4,7-14H2,1-3H3,(H-,21,22,23,24)/p+1/b6-5+. The predicted molar refractivity (Wildman–Crippen MR) is 93.7 cm³/mol. The van der Waals surface area contributed by atoms with Crippen LogP contribution in [0.5, 0.6) is 0 Å². The zero-order valence-corrected chi connectivity index (χ0v) is 15.3. The molecule has 0 fully saturated rings. The van der Waals surface area contributed by atoms with Crippen molar-refractivity contribution in [1.82, 2.24) is 0 Å². The molecule has 0 saturated heterocycles. The summed E-state index contributed by atoms with van der Waals surface area (Å²) in [5.74, 6) is -2.91. The first kappa shape index (κ1) is 22.6. The third kappa shape index (κ3) is 9.03. The summed E-state index contributed by atoms with van der Waals surface area (Å²) in [6.45, 7) is 7.06. The van der Waals surface area contributed by atoms with Gasteiger partial charge in [0.15, 0.2) is 0 Å². The number of nitrogens with zero attached hydrogens (tertiary/aromatic N) is 1. The Kier molecular flexibility index (Phi) is 11.3. The van der Waals surface area contributed by atoms with Crippen LogP contribution in [0.1, 0.15) is 46.5 Å². The number of rotatable bonds is 14. The first-order chi connectivity index (χ1) is 11.3. The van der Waals surface area contributed by atoms with Gasteiger partial charge in [-0.3, -0.25) is 9.59 Å². The van der Waals surface area contributed by atoms with Crippen molar-refractivity contribution in [3.8, 4) is 0 Å². The molecule has 2 unspecified atom stereocenters. The molecule has 0 aliphatic carbocycles. The molecule has 0 aromatic carbocycles. The molecule has 0 heterocycles. The fourth-order valence-corrected chi connectivity index (χ4v) is 3.08. The van der Waals surface area contributed by atoms with E-state index in [-0.39, 0.29) is 6.61 Å². The number of carboxylic acids is 2. The van der Waals surface area contributed by atoms with Gasteiger partial charge in [-0.25, -0.2) is 0 Å². The van der Waals surface area contributed by atoms with E-state index in [1.807, 2.05) is 0 Å². The summed E-state index contributed by atoms with van der Waals surface area (Å²) in [7, 11) is 0. The smallest absolute Gasteiger partial charge is 0.311 e. The third-order valence-corrected chi connectivity index (χ3v) is 4.40. The second-order valence-corrected chi connectivity index (χ2v) is 6.73. The van der Waals surface area contributed by atoms with Gasteiger partial charge in [0.25, 0.3) is 0 Å². The first-order valence-electron chi connectivity index (χ1n) is 8.84. The van der Waals surface area contributed by atoms with E-state index in [0.29, 0.717) is 30.7 Å². The van der Waals surface area contributed by atoms with Crippen LogP contribution in [-0.2, 0) is 9.59 Å². The molecule has 0 aliphatic rings. The van der Waals surface area contributed by atoms with Crippen LogP contribution in [0.2, 0.25) is 0 Å². The maximum atomic E-state index is 11.3. The lowest BCUT2D eigenvalue weighted by molar-refractivity contribution is -0.932. The SMILES string of the molecule is CC/C=C/CCCC[N+](CCO)(CC(C)C(=O)O)CC(C)C(=O)O. The Morgan fingerprint density at radius 3 is 1.92 bits per heavy atom. The van der Waals surface area contributed by atoms with E-state index >= 15 is 0 Å². The summed E-state index contributed by atoms with van der Waals surface area (Å²) in [5, 5.41) is 27.9. The molecule has 0 amide bonds. The number of unbranched alkanes of at least 4 members (excludes halogenated alkanes) is 2. The van der Waals surface area contributed by atoms with Crippen LogP contribution in [0, 0.1) is 11.8 Å². The van der Waals surface area contributed by atoms with Gasteiger partial charge in [-0.2, -0.15) is 0 Å². The second-order valence-electron chi connectivity index (χ2n) is 6.73. The molecule has 0 bridgehead atoms. The number of hydrogen-bond donors (Lipinski definition) is 3. The van der Waals surface area contributed by atoms with E-state index in [9.17, 15) is 24.9 Å². The van der Waals surface area contributed by atoms with Crippen molar-refractivity contribution >= 4 is 11.9 Å². The summed E-state index contributed by atoms with van der Waals surface area (Å²) >= 11 is 0. The Labute approximate surface area is 145 Å². The van der Waals surface area contributed by atoms with Gasteiger partial charge in [0.1, 0.15) is 18.4 Å². The van der Waals surface area contributed by atoms with Gasteiger partial charge in [-0.15, -0.1) is 0 Å². The summed E-state index contributed by atoms with van der Waals surface area (Å²) in [5.41, 5.74) is 0. The van der Waals surface area contributed by atoms with Crippen molar-refractivity contribution in [3.05, 3.63) is 12.2 Å². The van der Waals surface area contributed by atoms with Crippen molar-refractivity contribution in [3.63, 3.8) is 0 Å². The highest BCUT2D eigenvalue weighted by Crippen LogP contribution is 2.18. The Bertz CT molecular complexity index is 386. The molecule has 140 valence electrons. The Hall–Kier alpha value is -1.40. The third-order valence-electron chi connectivity index (χ3n) is 4.40. The van der Waals surface area contributed by atoms with Gasteiger partial charge < -0.3 is 19.8 Å². The van der Waals surface area contributed by atoms with E-state index in [2.05, 4.69) is 19.1 Å². The lowest BCUT2D eigenvalue weighted by Crippen LogP contribution is -2.56. The van der Waals surface area contributed by atoms with E-state index < -0.39 is 23.8 Å². The number of quaternary nitrogens is 1. The average molecular weight is 344 g/mol. The van der Waals surface area contributed by atoms with E-state index in [4.69, 9.17) is 0 Å². The maximum absolute atomic E-state index is 11.3. The van der Waals surface area contributed by atoms with Crippen LogP contribution < -0.4 is 0 Å². The largest absolute Gasteiger partial charge is 0.481 e. The van der Waals surface area contributed by atoms with E-state index in [1.165, 1.54) is 0 Å². The fraction of sp³-hybridized carbons (Fsp3) is 0.778. The topological polar surface area (TPSA) is 94.8 Å². The summed E-state index contributed by atoms with van der Waals surface area (Å²) in [4.78, 5) is 22.5. The van der Waals surface area contributed by atoms with Crippen LogP contribution >= 0.6 is 0 Å². The molecule has 0 rings (SSSR count). The summed E-state index contributed by atoms with van der Waals surface area (Å²) in [6, 6.07) is 0. The first-order valence-corrected chi connectivity index (χ1v) is 8.84. The van der Waals surface area contributed by atoms with Gasteiger partial charge in [-0.05, 0) is 39.5 Å². The predicted octanol–water partition coefficient (Wildman–Crippen LogP) is 2.37. The molecule has 0 aromatic rings. The van der Waals surface area contributed by atoms with Gasteiger partial charge in [0.2, 0.25) is 0 Å². The van der Waals surface area contributed by atoms with Gasteiger partial charge in [0.05, 0.1) is 26.2 Å². The number of aliphatic carboxylic acids is 2. The number of hydrogen-bond acceptors (Lipinski definition) is 3. The quantitative estimate of drug-likeness (QED) is 0.255. The maximum Gasteiger partial charge on any atom is 0.311 e. The number of carbonyl (C=O) groups is 2. The number of aliphatic hydroxyl groups is 1. The Morgan fingerprint density at radius 1 is 0.958 bits per heavy atom. The number of allylic oxidation sites excluding steroid dienone is 2. The Morgan fingerprint density at radius 2 is 1.50 bits per heavy atom. The minimum Gasteiger partial charge on any atom is -0.481 e. The minimum absolute atomic E-state index is 0.0750. The zero-order chi connectivity index (χ0) is 18.6.